The Morgan fingerprint density at radius 3 is 3.04 bits per heavy atom. The van der Waals surface area contributed by atoms with Crippen molar-refractivity contribution in [2.45, 2.75) is 32.2 Å². The van der Waals surface area contributed by atoms with E-state index in [9.17, 15) is 9.59 Å². The monoisotopic (exact) mass is 371 g/mol. The highest BCUT2D eigenvalue weighted by Gasteiger charge is 2.50. The Labute approximate surface area is 153 Å². The number of rotatable bonds is 5. The molecule has 2 N–H and O–H groups in total. The van der Waals surface area contributed by atoms with Gasteiger partial charge in [0.1, 0.15) is 0 Å². The highest BCUT2D eigenvalue weighted by atomic mass is 35.5. The second-order valence-electron chi connectivity index (χ2n) is 6.75. The van der Waals surface area contributed by atoms with Crippen molar-refractivity contribution in [3.05, 3.63) is 22.4 Å². The average molecular weight is 372 g/mol. The second kappa shape index (κ2) is 8.32. The molecule has 2 fully saturated rings. The molecule has 7 heteroatoms. The van der Waals surface area contributed by atoms with Crippen molar-refractivity contribution in [2.75, 3.05) is 26.7 Å². The maximum atomic E-state index is 13.0. The maximum absolute atomic E-state index is 13.0. The average Bonchev–Trinajstić information content (AvgIpc) is 3.21. The molecule has 1 saturated heterocycles. The zero-order valence-corrected chi connectivity index (χ0v) is 15.7. The summed E-state index contributed by atoms with van der Waals surface area (Å²) in [6, 6.07) is 3.97. The van der Waals surface area contributed by atoms with E-state index in [1.165, 1.54) is 6.42 Å². The third-order valence-electron chi connectivity index (χ3n) is 5.23. The Morgan fingerprint density at radius 1 is 1.46 bits per heavy atom. The van der Waals surface area contributed by atoms with Crippen LogP contribution in [0.4, 0.5) is 0 Å². The Kier molecular flexibility index (Phi) is 6.66. The van der Waals surface area contributed by atoms with E-state index in [0.717, 1.165) is 37.2 Å². The van der Waals surface area contributed by atoms with Crippen molar-refractivity contribution in [2.24, 2.45) is 11.3 Å². The molecule has 1 aliphatic heterocycles. The van der Waals surface area contributed by atoms with E-state index < -0.39 is 0 Å². The molecular weight excluding hydrogens is 346 g/mol. The molecule has 1 aromatic heterocycles. The zero-order chi connectivity index (χ0) is 16.3. The molecule has 134 valence electrons. The van der Waals surface area contributed by atoms with Gasteiger partial charge in [0, 0.05) is 18.5 Å². The van der Waals surface area contributed by atoms with Gasteiger partial charge in [0.25, 0.3) is 0 Å². The molecule has 0 spiro atoms. The molecule has 0 unspecified atom stereocenters. The summed E-state index contributed by atoms with van der Waals surface area (Å²) in [7, 11) is 1.76. The van der Waals surface area contributed by atoms with Gasteiger partial charge in [-0.3, -0.25) is 9.59 Å². The number of hydrogen-bond donors (Lipinski definition) is 2. The van der Waals surface area contributed by atoms with Crippen LogP contribution < -0.4 is 10.6 Å². The van der Waals surface area contributed by atoms with Crippen molar-refractivity contribution >= 4 is 35.6 Å². The van der Waals surface area contributed by atoms with Crippen LogP contribution in [0.3, 0.4) is 0 Å². The maximum Gasteiger partial charge on any atom is 0.239 e. The Morgan fingerprint density at radius 2 is 2.29 bits per heavy atom. The highest BCUT2D eigenvalue weighted by Crippen LogP contribution is 2.44. The van der Waals surface area contributed by atoms with Crippen molar-refractivity contribution in [3.8, 4) is 0 Å². The van der Waals surface area contributed by atoms with Crippen LogP contribution in [0.1, 0.15) is 30.6 Å². The minimum Gasteiger partial charge on any atom is -0.350 e. The predicted octanol–water partition coefficient (Wildman–Crippen LogP) is 2.02. The summed E-state index contributed by atoms with van der Waals surface area (Å²) in [6.45, 7) is 2.37. The molecule has 0 aromatic carbocycles. The highest BCUT2D eigenvalue weighted by molar-refractivity contribution is 7.09. The van der Waals surface area contributed by atoms with Crippen LogP contribution in [0.5, 0.6) is 0 Å². The molecule has 2 aliphatic rings. The first-order valence-corrected chi connectivity index (χ1v) is 9.25. The lowest BCUT2D eigenvalue weighted by Gasteiger charge is -2.39. The number of carbonyl (C=O) groups is 2. The third-order valence-corrected chi connectivity index (χ3v) is 6.11. The first-order chi connectivity index (χ1) is 11.1. The summed E-state index contributed by atoms with van der Waals surface area (Å²) in [4.78, 5) is 27.8. The Balaban J connectivity index is 0.00000208. The fourth-order valence-electron chi connectivity index (χ4n) is 3.99. The van der Waals surface area contributed by atoms with Gasteiger partial charge in [-0.2, -0.15) is 0 Å². The fraction of sp³-hybridized carbons (Fsp3) is 0.647. The lowest BCUT2D eigenvalue weighted by molar-refractivity contribution is -0.146. The molecule has 2 atom stereocenters. The van der Waals surface area contributed by atoms with Gasteiger partial charge in [0.2, 0.25) is 11.8 Å². The van der Waals surface area contributed by atoms with Crippen LogP contribution in [0, 0.1) is 11.3 Å². The molecule has 1 aromatic rings. The molecule has 2 heterocycles. The van der Waals surface area contributed by atoms with E-state index in [1.807, 2.05) is 17.5 Å². The number of thiophene rings is 1. The van der Waals surface area contributed by atoms with Crippen LogP contribution in [-0.4, -0.2) is 43.4 Å². The van der Waals surface area contributed by atoms with Crippen molar-refractivity contribution in [3.63, 3.8) is 0 Å². The van der Waals surface area contributed by atoms with E-state index in [1.54, 1.807) is 23.3 Å². The molecule has 24 heavy (non-hydrogen) atoms. The summed E-state index contributed by atoms with van der Waals surface area (Å²) in [5.74, 6) is 0.475. The van der Waals surface area contributed by atoms with Gasteiger partial charge in [-0.05, 0) is 36.8 Å². The number of amides is 2. The SMILES string of the molecule is CN(CC(=O)NCc1cccs1)C(=O)[C@@]12CCCC[C@H]1CNC2.Cl. The van der Waals surface area contributed by atoms with Crippen molar-refractivity contribution in [1.29, 1.82) is 0 Å². The van der Waals surface area contributed by atoms with Gasteiger partial charge in [0.15, 0.2) is 0 Å². The number of nitrogens with one attached hydrogen (secondary N) is 2. The summed E-state index contributed by atoms with van der Waals surface area (Å²) in [5, 5.41) is 8.28. The summed E-state index contributed by atoms with van der Waals surface area (Å²) in [5.41, 5.74) is -0.277. The molecule has 2 amide bonds. The largest absolute Gasteiger partial charge is 0.350 e. The normalized spacial score (nSPS) is 25.5. The van der Waals surface area contributed by atoms with E-state index in [4.69, 9.17) is 0 Å². The van der Waals surface area contributed by atoms with Crippen LogP contribution >= 0.6 is 23.7 Å². The molecule has 1 saturated carbocycles. The number of fused-ring (bicyclic) bond motifs is 1. The van der Waals surface area contributed by atoms with Crippen LogP contribution in [0.25, 0.3) is 0 Å². The van der Waals surface area contributed by atoms with Gasteiger partial charge in [0.05, 0.1) is 18.5 Å². The minimum atomic E-state index is -0.277. The topological polar surface area (TPSA) is 61.4 Å². The van der Waals surface area contributed by atoms with Gasteiger partial charge in [-0.15, -0.1) is 23.7 Å². The number of hydrogen-bond acceptors (Lipinski definition) is 4. The van der Waals surface area contributed by atoms with Crippen molar-refractivity contribution < 1.29 is 9.59 Å². The van der Waals surface area contributed by atoms with E-state index in [-0.39, 0.29) is 36.2 Å². The Hall–Kier alpha value is -1.11. The summed E-state index contributed by atoms with van der Waals surface area (Å²) in [6.07, 6.45) is 4.40. The first-order valence-electron chi connectivity index (χ1n) is 8.37. The quantitative estimate of drug-likeness (QED) is 0.832. The molecular formula is C17H26ClN3O2S. The Bertz CT molecular complexity index is 566. The summed E-state index contributed by atoms with van der Waals surface area (Å²) >= 11 is 1.62. The number of nitrogens with zero attached hydrogens (tertiary/aromatic N) is 1. The third kappa shape index (κ3) is 3.92. The second-order valence-corrected chi connectivity index (χ2v) is 7.78. The molecule has 5 nitrogen and oxygen atoms in total. The van der Waals surface area contributed by atoms with Gasteiger partial charge < -0.3 is 15.5 Å². The van der Waals surface area contributed by atoms with Gasteiger partial charge in [-0.1, -0.05) is 18.9 Å². The standard InChI is InChI=1S/C17H25N3O2S.ClH/c1-20(11-15(21)19-10-14-6-4-8-23-14)16(22)17-7-3-2-5-13(17)9-18-12-17;/h4,6,8,13,18H,2-3,5,7,9-12H2,1H3,(H,19,21);1H/t13-,17+;/m0./s1. The van der Waals surface area contributed by atoms with E-state index >= 15 is 0 Å². The number of carbonyl (C=O) groups excluding carboxylic acids is 2. The van der Waals surface area contributed by atoms with E-state index in [2.05, 4.69) is 10.6 Å². The predicted molar refractivity (Wildman–Crippen MR) is 98.3 cm³/mol. The zero-order valence-electron chi connectivity index (χ0n) is 14.0. The van der Waals surface area contributed by atoms with Crippen LogP contribution in [0.2, 0.25) is 0 Å². The molecule has 0 bridgehead atoms. The van der Waals surface area contributed by atoms with Gasteiger partial charge in [-0.25, -0.2) is 0 Å². The van der Waals surface area contributed by atoms with Crippen LogP contribution in [0.15, 0.2) is 17.5 Å². The number of halogens is 1. The lowest BCUT2D eigenvalue weighted by Crippen LogP contribution is -2.50. The fourth-order valence-corrected chi connectivity index (χ4v) is 4.64. The first kappa shape index (κ1) is 19.2. The minimum absolute atomic E-state index is 0. The smallest absolute Gasteiger partial charge is 0.239 e. The number of likely N-dealkylation sites (N-methyl/N-ethyl adjacent to an activating group) is 1. The molecule has 1 aliphatic carbocycles. The van der Waals surface area contributed by atoms with Gasteiger partial charge >= 0.3 is 0 Å². The van der Waals surface area contributed by atoms with Crippen LogP contribution in [-0.2, 0) is 16.1 Å². The summed E-state index contributed by atoms with van der Waals surface area (Å²) < 4.78 is 0. The lowest BCUT2D eigenvalue weighted by atomic mass is 9.67. The van der Waals surface area contributed by atoms with Crippen molar-refractivity contribution in [1.82, 2.24) is 15.5 Å². The molecule has 3 rings (SSSR count). The van der Waals surface area contributed by atoms with E-state index in [0.29, 0.717) is 12.5 Å². The molecule has 0 radical (unpaired) electrons.